The fourth-order valence-electron chi connectivity index (χ4n) is 1.63. The number of aromatic nitrogens is 3. The van der Waals surface area contributed by atoms with E-state index in [-0.39, 0.29) is 16.3 Å². The van der Waals surface area contributed by atoms with E-state index < -0.39 is 0 Å². The number of nitrogens with zero attached hydrogens (tertiary/aromatic N) is 3. The van der Waals surface area contributed by atoms with E-state index in [1.54, 1.807) is 6.92 Å². The first-order valence-corrected chi connectivity index (χ1v) is 5.81. The predicted molar refractivity (Wildman–Crippen MR) is 60.1 cm³/mol. The quantitative estimate of drug-likeness (QED) is 0.814. The Morgan fingerprint density at radius 2 is 2.38 bits per heavy atom. The molecule has 2 rings (SSSR count). The van der Waals surface area contributed by atoms with Crippen LogP contribution in [0, 0.1) is 6.92 Å². The lowest BCUT2D eigenvalue weighted by Gasteiger charge is -2.10. The normalized spacial score (nSPS) is 20.5. The van der Waals surface area contributed by atoms with Crippen molar-refractivity contribution in [2.24, 2.45) is 0 Å². The van der Waals surface area contributed by atoms with Crippen molar-refractivity contribution in [1.82, 2.24) is 15.2 Å². The average molecular weight is 240 g/mol. The molecule has 6 nitrogen and oxygen atoms in total. The van der Waals surface area contributed by atoms with E-state index in [1.165, 1.54) is 23.6 Å². The topological polar surface area (TPSA) is 79.0 Å². The Hall–Kier alpha value is -1.37. The highest BCUT2D eigenvalue weighted by Crippen LogP contribution is 2.26. The van der Waals surface area contributed by atoms with Crippen molar-refractivity contribution < 1.29 is 9.59 Å². The van der Waals surface area contributed by atoms with Crippen molar-refractivity contribution in [3.05, 3.63) is 5.82 Å². The highest BCUT2D eigenvalue weighted by molar-refractivity contribution is 8.14. The molecule has 1 fully saturated rings. The molecule has 1 aliphatic rings. The number of carbonyl (C=O) groups excluding carboxylic acids is 2. The van der Waals surface area contributed by atoms with Crippen LogP contribution in [0.25, 0.3) is 0 Å². The molecule has 16 heavy (non-hydrogen) atoms. The molecule has 1 aromatic rings. The Morgan fingerprint density at radius 3 is 2.94 bits per heavy atom. The molecule has 0 bridgehead atoms. The van der Waals surface area contributed by atoms with Crippen LogP contribution < -0.4 is 4.90 Å². The van der Waals surface area contributed by atoms with Crippen molar-refractivity contribution in [3.63, 3.8) is 0 Å². The lowest BCUT2D eigenvalue weighted by molar-refractivity contribution is -0.117. The van der Waals surface area contributed by atoms with E-state index in [2.05, 4.69) is 15.2 Å². The van der Waals surface area contributed by atoms with E-state index in [0.717, 1.165) is 0 Å². The number of H-pyrrole nitrogens is 1. The number of aryl methyl sites for hydroxylation is 1. The first-order valence-electron chi connectivity index (χ1n) is 4.93. The Balaban J connectivity index is 2.08. The zero-order valence-corrected chi connectivity index (χ0v) is 9.87. The molecule has 2 heterocycles. The smallest absolute Gasteiger partial charge is 0.251 e. The molecule has 0 radical (unpaired) electrons. The maximum Gasteiger partial charge on any atom is 0.251 e. The van der Waals surface area contributed by atoms with Gasteiger partial charge in [-0.05, 0) is 6.92 Å². The number of nitrogens with one attached hydrogen (secondary N) is 1. The van der Waals surface area contributed by atoms with Crippen LogP contribution in [-0.2, 0) is 9.59 Å². The predicted octanol–water partition coefficient (Wildman–Crippen LogP) is 0.498. The number of aromatic amines is 1. The Bertz CT molecular complexity index is 431. The molecule has 0 spiro atoms. The van der Waals surface area contributed by atoms with Gasteiger partial charge in [0.15, 0.2) is 5.12 Å². The van der Waals surface area contributed by atoms with Gasteiger partial charge in [0.05, 0.1) is 0 Å². The van der Waals surface area contributed by atoms with Crippen molar-refractivity contribution in [2.45, 2.75) is 25.5 Å². The molecule has 1 saturated heterocycles. The van der Waals surface area contributed by atoms with Crippen molar-refractivity contribution in [1.29, 1.82) is 0 Å². The van der Waals surface area contributed by atoms with Gasteiger partial charge in [0, 0.05) is 25.1 Å². The first-order chi connectivity index (χ1) is 7.56. The summed E-state index contributed by atoms with van der Waals surface area (Å²) in [6, 6.07) is 0. The number of amides is 1. The average Bonchev–Trinajstić information content (AvgIpc) is 2.72. The lowest BCUT2D eigenvalue weighted by Crippen LogP contribution is -2.26. The number of carbonyl (C=O) groups is 2. The zero-order chi connectivity index (χ0) is 11.7. The number of hydrogen-bond donors (Lipinski definition) is 1. The van der Waals surface area contributed by atoms with Crippen molar-refractivity contribution in [3.8, 4) is 0 Å². The third-order valence-electron chi connectivity index (χ3n) is 2.25. The van der Waals surface area contributed by atoms with Gasteiger partial charge >= 0.3 is 0 Å². The van der Waals surface area contributed by atoms with Gasteiger partial charge in [0.2, 0.25) is 5.91 Å². The van der Waals surface area contributed by atoms with Gasteiger partial charge in [0.1, 0.15) is 5.82 Å². The van der Waals surface area contributed by atoms with E-state index >= 15 is 0 Å². The number of anilines is 1. The van der Waals surface area contributed by atoms with Gasteiger partial charge in [-0.15, -0.1) is 5.10 Å². The number of hydrogen-bond acceptors (Lipinski definition) is 5. The molecule has 1 unspecified atom stereocenters. The second-order valence-corrected chi connectivity index (χ2v) is 5.14. The van der Waals surface area contributed by atoms with Crippen molar-refractivity contribution in [2.75, 3.05) is 11.4 Å². The minimum atomic E-state index is -0.0299. The van der Waals surface area contributed by atoms with Crippen LogP contribution in [0.5, 0.6) is 0 Å². The van der Waals surface area contributed by atoms with Crippen LogP contribution in [0.4, 0.5) is 5.95 Å². The fraction of sp³-hybridized carbons (Fsp3) is 0.556. The summed E-state index contributed by atoms with van der Waals surface area (Å²) >= 11 is 1.20. The van der Waals surface area contributed by atoms with E-state index in [9.17, 15) is 9.59 Å². The molecule has 86 valence electrons. The SMILES string of the molecule is CC(=O)SC1CC(=O)N(c2n[nH]c(C)n2)C1. The fourth-order valence-corrected chi connectivity index (χ4v) is 2.55. The van der Waals surface area contributed by atoms with Crippen LogP contribution in [0.15, 0.2) is 0 Å². The maximum atomic E-state index is 11.7. The van der Waals surface area contributed by atoms with E-state index in [4.69, 9.17) is 0 Å². The summed E-state index contributed by atoms with van der Waals surface area (Å²) < 4.78 is 0. The molecule has 7 heteroatoms. The van der Waals surface area contributed by atoms with Crippen LogP contribution >= 0.6 is 11.8 Å². The van der Waals surface area contributed by atoms with Crippen LogP contribution in [0.1, 0.15) is 19.2 Å². The summed E-state index contributed by atoms with van der Waals surface area (Å²) in [7, 11) is 0. The summed E-state index contributed by atoms with van der Waals surface area (Å²) in [4.78, 5) is 28.3. The van der Waals surface area contributed by atoms with Gasteiger partial charge in [-0.1, -0.05) is 11.8 Å². The van der Waals surface area contributed by atoms with E-state index in [1.807, 2.05) is 0 Å². The van der Waals surface area contributed by atoms with Crippen LogP contribution in [0.2, 0.25) is 0 Å². The van der Waals surface area contributed by atoms with E-state index in [0.29, 0.717) is 24.7 Å². The molecule has 0 aliphatic carbocycles. The monoisotopic (exact) mass is 240 g/mol. The first kappa shape index (κ1) is 11.1. The third-order valence-corrected chi connectivity index (χ3v) is 3.23. The van der Waals surface area contributed by atoms with Gasteiger partial charge in [-0.3, -0.25) is 19.6 Å². The molecule has 1 atom stereocenters. The Labute approximate surface area is 96.8 Å². The second kappa shape index (κ2) is 4.25. The summed E-state index contributed by atoms with van der Waals surface area (Å²) in [6.45, 7) is 3.79. The van der Waals surface area contributed by atoms with Crippen LogP contribution in [-0.4, -0.2) is 38.0 Å². The molecule has 0 aromatic carbocycles. The van der Waals surface area contributed by atoms with Crippen molar-refractivity contribution >= 4 is 28.7 Å². The van der Waals surface area contributed by atoms with Gasteiger partial charge < -0.3 is 0 Å². The molecule has 1 N–H and O–H groups in total. The summed E-state index contributed by atoms with van der Waals surface area (Å²) in [5.41, 5.74) is 0. The highest BCUT2D eigenvalue weighted by Gasteiger charge is 2.33. The second-order valence-electron chi connectivity index (χ2n) is 3.66. The Kier molecular flexibility index (Phi) is 2.95. The molecular formula is C9H12N4O2S. The largest absolute Gasteiger partial charge is 0.288 e. The number of thioether (sulfide) groups is 1. The standard InChI is InChI=1S/C9H12N4O2S/c1-5-10-9(12-11-5)13-4-7(3-8(13)15)16-6(2)14/h7H,3-4H2,1-2H3,(H,10,11,12). The lowest BCUT2D eigenvalue weighted by atomic mass is 10.4. The summed E-state index contributed by atoms with van der Waals surface area (Å²) in [5.74, 6) is 1.04. The highest BCUT2D eigenvalue weighted by atomic mass is 32.2. The third kappa shape index (κ3) is 2.24. The molecule has 1 aliphatic heterocycles. The summed E-state index contributed by atoms with van der Waals surface area (Å²) in [5, 5.41) is 6.68. The molecule has 1 aromatic heterocycles. The van der Waals surface area contributed by atoms with Crippen LogP contribution in [0.3, 0.4) is 0 Å². The minimum Gasteiger partial charge on any atom is -0.288 e. The van der Waals surface area contributed by atoms with Gasteiger partial charge in [0.25, 0.3) is 5.95 Å². The molecule has 1 amide bonds. The zero-order valence-electron chi connectivity index (χ0n) is 9.06. The molecule has 0 saturated carbocycles. The maximum absolute atomic E-state index is 11.7. The van der Waals surface area contributed by atoms with Gasteiger partial charge in [-0.25, -0.2) is 0 Å². The van der Waals surface area contributed by atoms with Gasteiger partial charge in [-0.2, -0.15) is 4.98 Å². The molecular weight excluding hydrogens is 228 g/mol. The Morgan fingerprint density at radius 1 is 1.62 bits per heavy atom. The number of rotatable bonds is 2. The minimum absolute atomic E-state index is 0.0174. The summed E-state index contributed by atoms with van der Waals surface area (Å²) in [6.07, 6.45) is 0.373.